The van der Waals surface area contributed by atoms with Crippen molar-refractivity contribution >= 4 is 29.2 Å². The highest BCUT2D eigenvalue weighted by molar-refractivity contribution is 6.04. The standard InChI is InChI=1S/C21H20N2O4/c24-19-10-5-12-22(19)18-9-4-2-7-16(18)21(26)27-14-20(25)23-13-11-15-6-1-3-8-17(15)23/h1-4,6-9H,5,10-14H2. The Morgan fingerprint density at radius 2 is 1.67 bits per heavy atom. The van der Waals surface area contributed by atoms with Crippen LogP contribution in [-0.4, -0.2) is 37.5 Å². The number of amides is 2. The second kappa shape index (κ2) is 7.23. The average molecular weight is 364 g/mol. The summed E-state index contributed by atoms with van der Waals surface area (Å²) in [5, 5.41) is 0. The smallest absolute Gasteiger partial charge is 0.340 e. The molecule has 0 bridgehead atoms. The largest absolute Gasteiger partial charge is 0.452 e. The molecular weight excluding hydrogens is 344 g/mol. The Hall–Kier alpha value is -3.15. The second-order valence-electron chi connectivity index (χ2n) is 6.67. The third kappa shape index (κ3) is 3.30. The van der Waals surface area contributed by atoms with Gasteiger partial charge in [-0.15, -0.1) is 0 Å². The summed E-state index contributed by atoms with van der Waals surface area (Å²) in [6.45, 7) is 0.858. The minimum Gasteiger partial charge on any atom is -0.452 e. The predicted molar refractivity (Wildman–Crippen MR) is 101 cm³/mol. The van der Waals surface area contributed by atoms with Crippen molar-refractivity contribution in [2.24, 2.45) is 0 Å². The van der Waals surface area contributed by atoms with Crippen LogP contribution in [0.15, 0.2) is 48.5 Å². The van der Waals surface area contributed by atoms with Gasteiger partial charge >= 0.3 is 5.97 Å². The molecule has 0 spiro atoms. The first-order valence-corrected chi connectivity index (χ1v) is 9.10. The maximum absolute atomic E-state index is 12.6. The number of rotatable bonds is 4. The van der Waals surface area contributed by atoms with Gasteiger partial charge in [-0.25, -0.2) is 4.79 Å². The molecule has 6 heteroatoms. The van der Waals surface area contributed by atoms with E-state index in [1.165, 1.54) is 0 Å². The Morgan fingerprint density at radius 3 is 2.44 bits per heavy atom. The third-order valence-electron chi connectivity index (χ3n) is 5.00. The number of esters is 1. The Morgan fingerprint density at radius 1 is 0.926 bits per heavy atom. The number of benzene rings is 2. The molecule has 0 unspecified atom stereocenters. The van der Waals surface area contributed by atoms with Gasteiger partial charge in [0.15, 0.2) is 6.61 Å². The number of fused-ring (bicyclic) bond motifs is 1. The van der Waals surface area contributed by atoms with E-state index in [2.05, 4.69) is 0 Å². The summed E-state index contributed by atoms with van der Waals surface area (Å²) in [5.74, 6) is -0.839. The number of nitrogens with zero attached hydrogens (tertiary/aromatic N) is 2. The molecule has 138 valence electrons. The van der Waals surface area contributed by atoms with Crippen LogP contribution in [0.2, 0.25) is 0 Å². The summed E-state index contributed by atoms with van der Waals surface area (Å²) in [5.41, 5.74) is 2.85. The quantitative estimate of drug-likeness (QED) is 0.782. The molecule has 0 saturated carbocycles. The van der Waals surface area contributed by atoms with Crippen molar-refractivity contribution in [3.05, 3.63) is 59.7 Å². The fraction of sp³-hybridized carbons (Fsp3) is 0.286. The van der Waals surface area contributed by atoms with Gasteiger partial charge < -0.3 is 14.5 Å². The van der Waals surface area contributed by atoms with E-state index in [0.29, 0.717) is 30.8 Å². The second-order valence-corrected chi connectivity index (χ2v) is 6.67. The minimum atomic E-state index is -0.592. The van der Waals surface area contributed by atoms with E-state index in [4.69, 9.17) is 4.74 Å². The molecule has 6 nitrogen and oxygen atoms in total. The number of carbonyl (C=O) groups excluding carboxylic acids is 3. The molecule has 1 saturated heterocycles. The zero-order chi connectivity index (χ0) is 18.8. The van der Waals surface area contributed by atoms with Gasteiger partial charge in [0, 0.05) is 25.2 Å². The third-order valence-corrected chi connectivity index (χ3v) is 5.00. The predicted octanol–water partition coefficient (Wildman–Crippen LogP) is 2.56. The molecule has 2 aromatic carbocycles. The summed E-state index contributed by atoms with van der Waals surface area (Å²) < 4.78 is 5.28. The van der Waals surface area contributed by atoms with Crippen molar-refractivity contribution in [2.75, 3.05) is 29.5 Å². The van der Waals surface area contributed by atoms with Crippen molar-refractivity contribution in [3.8, 4) is 0 Å². The van der Waals surface area contributed by atoms with Crippen molar-refractivity contribution < 1.29 is 19.1 Å². The van der Waals surface area contributed by atoms with E-state index >= 15 is 0 Å². The van der Waals surface area contributed by atoms with Crippen molar-refractivity contribution in [1.82, 2.24) is 0 Å². The van der Waals surface area contributed by atoms with Crippen molar-refractivity contribution in [1.29, 1.82) is 0 Å². The number of carbonyl (C=O) groups is 3. The molecule has 0 aliphatic carbocycles. The monoisotopic (exact) mass is 364 g/mol. The van der Waals surface area contributed by atoms with E-state index < -0.39 is 5.97 Å². The average Bonchev–Trinajstić information content (AvgIpc) is 3.32. The molecule has 0 radical (unpaired) electrons. The van der Waals surface area contributed by atoms with Crippen LogP contribution in [-0.2, 0) is 20.7 Å². The summed E-state index contributed by atoms with van der Waals surface area (Å²) >= 11 is 0. The Labute approximate surface area is 157 Å². The summed E-state index contributed by atoms with van der Waals surface area (Å²) in [7, 11) is 0. The SMILES string of the molecule is O=C(OCC(=O)N1CCc2ccccc21)c1ccccc1N1CCCC1=O. The molecule has 27 heavy (non-hydrogen) atoms. The molecular formula is C21H20N2O4. The number of hydrogen-bond donors (Lipinski definition) is 0. The van der Waals surface area contributed by atoms with Gasteiger partial charge in [-0.2, -0.15) is 0 Å². The Balaban J connectivity index is 1.45. The highest BCUT2D eigenvalue weighted by Crippen LogP contribution is 2.28. The van der Waals surface area contributed by atoms with Crippen molar-refractivity contribution in [2.45, 2.75) is 19.3 Å². The van der Waals surface area contributed by atoms with Crippen LogP contribution in [0.4, 0.5) is 11.4 Å². The summed E-state index contributed by atoms with van der Waals surface area (Å²) in [4.78, 5) is 40.4. The molecule has 2 aliphatic heterocycles. The van der Waals surface area contributed by atoms with Gasteiger partial charge in [-0.05, 0) is 36.6 Å². The fourth-order valence-corrected chi connectivity index (χ4v) is 3.66. The summed E-state index contributed by atoms with van der Waals surface area (Å²) in [6.07, 6.45) is 2.06. The molecule has 2 aliphatic rings. The molecule has 0 N–H and O–H groups in total. The first-order chi connectivity index (χ1) is 13.1. The van der Waals surface area contributed by atoms with Crippen molar-refractivity contribution in [3.63, 3.8) is 0 Å². The molecule has 0 atom stereocenters. The fourth-order valence-electron chi connectivity index (χ4n) is 3.66. The van der Waals surface area contributed by atoms with Gasteiger partial charge in [-0.3, -0.25) is 9.59 Å². The lowest BCUT2D eigenvalue weighted by atomic mass is 10.1. The lowest BCUT2D eigenvalue weighted by molar-refractivity contribution is -0.121. The number of ether oxygens (including phenoxy) is 1. The van der Waals surface area contributed by atoms with Gasteiger partial charge in [-0.1, -0.05) is 30.3 Å². The van der Waals surface area contributed by atoms with Crippen LogP contribution in [0.1, 0.15) is 28.8 Å². The highest BCUT2D eigenvalue weighted by atomic mass is 16.5. The van der Waals surface area contributed by atoms with Crippen LogP contribution in [0, 0.1) is 0 Å². The first-order valence-electron chi connectivity index (χ1n) is 9.10. The van der Waals surface area contributed by atoms with E-state index in [1.54, 1.807) is 34.1 Å². The van der Waals surface area contributed by atoms with Gasteiger partial charge in [0.25, 0.3) is 5.91 Å². The van der Waals surface area contributed by atoms with Crippen LogP contribution in [0.3, 0.4) is 0 Å². The molecule has 2 heterocycles. The lowest BCUT2D eigenvalue weighted by Gasteiger charge is -2.20. The number of anilines is 2. The molecule has 2 aromatic rings. The molecule has 2 amide bonds. The van der Waals surface area contributed by atoms with Gasteiger partial charge in [0.1, 0.15) is 0 Å². The summed E-state index contributed by atoms with van der Waals surface area (Å²) in [6, 6.07) is 14.6. The highest BCUT2D eigenvalue weighted by Gasteiger charge is 2.28. The van der Waals surface area contributed by atoms with Crippen LogP contribution in [0.5, 0.6) is 0 Å². The van der Waals surface area contributed by atoms with E-state index in [0.717, 1.165) is 24.1 Å². The molecule has 1 fully saturated rings. The topological polar surface area (TPSA) is 66.9 Å². The lowest BCUT2D eigenvalue weighted by Crippen LogP contribution is -2.33. The maximum Gasteiger partial charge on any atom is 0.340 e. The van der Waals surface area contributed by atoms with Crippen LogP contribution >= 0.6 is 0 Å². The first kappa shape index (κ1) is 17.3. The van der Waals surface area contributed by atoms with Crippen LogP contribution in [0.25, 0.3) is 0 Å². The zero-order valence-electron chi connectivity index (χ0n) is 14.9. The number of hydrogen-bond acceptors (Lipinski definition) is 4. The Bertz CT molecular complexity index is 909. The minimum absolute atomic E-state index is 0.000000123. The van der Waals surface area contributed by atoms with Gasteiger partial charge in [0.05, 0.1) is 11.3 Å². The Kier molecular flexibility index (Phi) is 4.62. The zero-order valence-corrected chi connectivity index (χ0v) is 14.9. The normalized spacial score (nSPS) is 15.8. The molecule has 4 rings (SSSR count). The maximum atomic E-state index is 12.6. The molecule has 0 aromatic heterocycles. The van der Waals surface area contributed by atoms with E-state index in [9.17, 15) is 14.4 Å². The number of para-hydroxylation sites is 2. The van der Waals surface area contributed by atoms with Gasteiger partial charge in [0.2, 0.25) is 5.91 Å². The van der Waals surface area contributed by atoms with E-state index in [1.807, 2.05) is 24.3 Å². The van der Waals surface area contributed by atoms with E-state index in [-0.39, 0.29) is 18.4 Å². The van der Waals surface area contributed by atoms with Crippen LogP contribution < -0.4 is 9.80 Å².